The molecule has 0 radical (unpaired) electrons. The van der Waals surface area contributed by atoms with Crippen LogP contribution in [0.1, 0.15) is 16.9 Å². The minimum absolute atomic E-state index is 0.0758. The number of amides is 1. The van der Waals surface area contributed by atoms with Crippen molar-refractivity contribution in [2.75, 3.05) is 0 Å². The minimum Gasteiger partial charge on any atom is -0.481 e. The highest BCUT2D eigenvalue weighted by atomic mass is 35.5. The summed E-state index contributed by atoms with van der Waals surface area (Å²) < 4.78 is 0. The molecular weight excluding hydrogens is 266 g/mol. The molecule has 0 saturated heterocycles. The third-order valence-electron chi connectivity index (χ3n) is 1.84. The SMILES string of the molecule is O=C(O)C[C@H](NC(=O)c1cnc(Cl)cn1)C(=O)O. The van der Waals surface area contributed by atoms with E-state index in [4.69, 9.17) is 21.8 Å². The van der Waals surface area contributed by atoms with Crippen molar-refractivity contribution in [3.05, 3.63) is 23.2 Å². The Balaban J connectivity index is 2.75. The van der Waals surface area contributed by atoms with E-state index in [1.54, 1.807) is 0 Å². The van der Waals surface area contributed by atoms with Gasteiger partial charge < -0.3 is 15.5 Å². The predicted molar refractivity (Wildman–Crippen MR) is 58.2 cm³/mol. The Morgan fingerprint density at radius 2 is 1.94 bits per heavy atom. The van der Waals surface area contributed by atoms with Gasteiger partial charge in [-0.15, -0.1) is 0 Å². The van der Waals surface area contributed by atoms with Crippen molar-refractivity contribution >= 4 is 29.4 Å². The van der Waals surface area contributed by atoms with Crippen molar-refractivity contribution in [3.63, 3.8) is 0 Å². The molecule has 9 heteroatoms. The molecule has 0 unspecified atom stereocenters. The summed E-state index contributed by atoms with van der Waals surface area (Å²) in [5, 5.41) is 19.3. The highest BCUT2D eigenvalue weighted by Crippen LogP contribution is 2.02. The lowest BCUT2D eigenvalue weighted by atomic mass is 10.2. The summed E-state index contributed by atoms with van der Waals surface area (Å²) in [6.07, 6.45) is 1.43. The summed E-state index contributed by atoms with van der Waals surface area (Å²) in [7, 11) is 0. The lowest BCUT2D eigenvalue weighted by Crippen LogP contribution is -2.42. The zero-order valence-electron chi connectivity index (χ0n) is 8.83. The monoisotopic (exact) mass is 273 g/mol. The van der Waals surface area contributed by atoms with Gasteiger partial charge in [-0.05, 0) is 0 Å². The molecule has 96 valence electrons. The summed E-state index contributed by atoms with van der Waals surface area (Å²) in [5.74, 6) is -3.63. The summed E-state index contributed by atoms with van der Waals surface area (Å²) in [4.78, 5) is 39.9. The largest absolute Gasteiger partial charge is 0.481 e. The van der Waals surface area contributed by atoms with E-state index in [2.05, 4.69) is 9.97 Å². The lowest BCUT2D eigenvalue weighted by Gasteiger charge is -2.11. The van der Waals surface area contributed by atoms with Gasteiger partial charge in [0.1, 0.15) is 16.9 Å². The van der Waals surface area contributed by atoms with Crippen LogP contribution in [0.4, 0.5) is 0 Å². The van der Waals surface area contributed by atoms with E-state index in [-0.39, 0.29) is 10.8 Å². The Morgan fingerprint density at radius 1 is 1.28 bits per heavy atom. The number of hydrogen-bond acceptors (Lipinski definition) is 5. The van der Waals surface area contributed by atoms with E-state index in [0.717, 1.165) is 12.4 Å². The number of aliphatic carboxylic acids is 2. The number of carboxylic acid groups (broad SMARTS) is 2. The van der Waals surface area contributed by atoms with Crippen LogP contribution in [-0.2, 0) is 9.59 Å². The zero-order chi connectivity index (χ0) is 13.7. The van der Waals surface area contributed by atoms with Crippen LogP contribution in [-0.4, -0.2) is 44.1 Å². The van der Waals surface area contributed by atoms with E-state index in [0.29, 0.717) is 0 Å². The summed E-state index contributed by atoms with van der Waals surface area (Å²) in [5.41, 5.74) is -0.156. The van der Waals surface area contributed by atoms with Crippen LogP contribution in [0.2, 0.25) is 5.15 Å². The van der Waals surface area contributed by atoms with E-state index in [9.17, 15) is 14.4 Å². The summed E-state index contributed by atoms with van der Waals surface area (Å²) >= 11 is 5.46. The van der Waals surface area contributed by atoms with Gasteiger partial charge in [-0.3, -0.25) is 9.59 Å². The molecule has 0 fully saturated rings. The Bertz CT molecular complexity index is 476. The molecule has 1 heterocycles. The molecular formula is C9H8ClN3O5. The van der Waals surface area contributed by atoms with Crippen molar-refractivity contribution in [1.82, 2.24) is 15.3 Å². The molecule has 18 heavy (non-hydrogen) atoms. The molecule has 1 aromatic rings. The van der Waals surface area contributed by atoms with E-state index >= 15 is 0 Å². The Kier molecular flexibility index (Phi) is 4.55. The van der Waals surface area contributed by atoms with Crippen molar-refractivity contribution in [2.24, 2.45) is 0 Å². The van der Waals surface area contributed by atoms with Crippen molar-refractivity contribution in [1.29, 1.82) is 0 Å². The number of nitrogens with one attached hydrogen (secondary N) is 1. The van der Waals surface area contributed by atoms with Crippen molar-refractivity contribution < 1.29 is 24.6 Å². The molecule has 0 saturated carbocycles. The van der Waals surface area contributed by atoms with E-state index in [1.807, 2.05) is 5.32 Å². The van der Waals surface area contributed by atoms with Crippen LogP contribution < -0.4 is 5.32 Å². The second-order valence-electron chi connectivity index (χ2n) is 3.19. The van der Waals surface area contributed by atoms with Gasteiger partial charge in [-0.2, -0.15) is 0 Å². The smallest absolute Gasteiger partial charge is 0.326 e. The van der Waals surface area contributed by atoms with Crippen LogP contribution in [0.25, 0.3) is 0 Å². The van der Waals surface area contributed by atoms with Crippen LogP contribution in [0.3, 0.4) is 0 Å². The maximum atomic E-state index is 11.5. The molecule has 1 aromatic heterocycles. The number of nitrogens with zero attached hydrogens (tertiary/aromatic N) is 2. The molecule has 0 aromatic carbocycles. The maximum Gasteiger partial charge on any atom is 0.326 e. The van der Waals surface area contributed by atoms with Crippen LogP contribution in [0.5, 0.6) is 0 Å². The van der Waals surface area contributed by atoms with Gasteiger partial charge in [0.2, 0.25) is 0 Å². The first kappa shape index (κ1) is 13.8. The number of halogens is 1. The predicted octanol–water partition coefficient (Wildman–Crippen LogP) is -0.212. The van der Waals surface area contributed by atoms with Gasteiger partial charge in [0.15, 0.2) is 0 Å². The first-order chi connectivity index (χ1) is 8.40. The molecule has 1 amide bonds. The average Bonchev–Trinajstić information content (AvgIpc) is 2.28. The van der Waals surface area contributed by atoms with Crippen LogP contribution >= 0.6 is 11.6 Å². The van der Waals surface area contributed by atoms with Gasteiger partial charge in [0.25, 0.3) is 5.91 Å². The molecule has 0 aliphatic carbocycles. The topological polar surface area (TPSA) is 129 Å². The third kappa shape index (κ3) is 3.98. The molecule has 0 aliphatic heterocycles. The Hall–Kier alpha value is -2.22. The molecule has 1 rings (SSSR count). The second-order valence-corrected chi connectivity index (χ2v) is 3.57. The summed E-state index contributed by atoms with van der Waals surface area (Å²) in [6, 6.07) is -1.53. The molecule has 8 nitrogen and oxygen atoms in total. The van der Waals surface area contributed by atoms with Gasteiger partial charge in [0, 0.05) is 0 Å². The standard InChI is InChI=1S/C9H8ClN3O5/c10-6-3-11-5(2-12-6)8(16)13-4(9(17)18)1-7(14)15/h2-4H,1H2,(H,13,16)(H,14,15)(H,17,18)/t4-/m0/s1. The van der Waals surface area contributed by atoms with Crippen molar-refractivity contribution in [3.8, 4) is 0 Å². The minimum atomic E-state index is -1.53. The number of carboxylic acids is 2. The van der Waals surface area contributed by atoms with Crippen molar-refractivity contribution in [2.45, 2.75) is 12.5 Å². The fraction of sp³-hybridized carbons (Fsp3) is 0.222. The highest BCUT2D eigenvalue weighted by Gasteiger charge is 2.24. The Labute approximate surface area is 106 Å². The first-order valence-corrected chi connectivity index (χ1v) is 5.01. The van der Waals surface area contributed by atoms with Crippen LogP contribution in [0.15, 0.2) is 12.4 Å². The number of carbonyl (C=O) groups is 3. The number of aromatic nitrogens is 2. The molecule has 0 bridgehead atoms. The molecule has 1 atom stereocenters. The van der Waals surface area contributed by atoms with Gasteiger partial charge in [0.05, 0.1) is 18.8 Å². The fourth-order valence-electron chi connectivity index (χ4n) is 1.04. The molecule has 0 spiro atoms. The quantitative estimate of drug-likeness (QED) is 0.676. The summed E-state index contributed by atoms with van der Waals surface area (Å²) in [6.45, 7) is 0. The zero-order valence-corrected chi connectivity index (χ0v) is 9.59. The second kappa shape index (κ2) is 5.92. The first-order valence-electron chi connectivity index (χ1n) is 4.63. The molecule has 0 aliphatic rings. The Morgan fingerprint density at radius 3 is 2.39 bits per heavy atom. The third-order valence-corrected chi connectivity index (χ3v) is 2.03. The maximum absolute atomic E-state index is 11.5. The van der Waals surface area contributed by atoms with E-state index in [1.165, 1.54) is 0 Å². The normalized spacial score (nSPS) is 11.6. The van der Waals surface area contributed by atoms with E-state index < -0.39 is 30.3 Å². The lowest BCUT2D eigenvalue weighted by molar-refractivity contribution is -0.145. The van der Waals surface area contributed by atoms with Crippen LogP contribution in [0, 0.1) is 0 Å². The highest BCUT2D eigenvalue weighted by molar-refractivity contribution is 6.29. The van der Waals surface area contributed by atoms with Gasteiger partial charge in [-0.1, -0.05) is 11.6 Å². The number of rotatable bonds is 5. The van der Waals surface area contributed by atoms with Gasteiger partial charge >= 0.3 is 11.9 Å². The van der Waals surface area contributed by atoms with Gasteiger partial charge in [-0.25, -0.2) is 14.8 Å². The fourth-order valence-corrected chi connectivity index (χ4v) is 1.13. The molecule has 3 N–H and O–H groups in total. The number of carbonyl (C=O) groups excluding carboxylic acids is 1. The number of hydrogen-bond donors (Lipinski definition) is 3. The average molecular weight is 274 g/mol.